The Kier molecular flexibility index (Phi) is 35.8. The van der Waals surface area contributed by atoms with E-state index >= 15 is 0 Å². The molecule has 19 aromatic rings. The number of benzene rings is 11. The van der Waals surface area contributed by atoms with Crippen molar-refractivity contribution in [3.63, 3.8) is 0 Å². The number of rotatable bonds is 21. The largest absolute Gasteiger partial charge is 0.305 e. The van der Waals surface area contributed by atoms with E-state index in [0.29, 0.717) is 39.7 Å². The fraction of sp³-hybridized carbons (Fsp3) is 0.191. The van der Waals surface area contributed by atoms with E-state index in [-0.39, 0.29) is 212 Å². The van der Waals surface area contributed by atoms with Gasteiger partial charge in [0.15, 0.2) is 0 Å². The summed E-state index contributed by atoms with van der Waals surface area (Å²) >= 11 is 0. The van der Waals surface area contributed by atoms with Gasteiger partial charge in [-0.25, -0.2) is 0 Å². The Hall–Kier alpha value is -11.9. The zero-order chi connectivity index (χ0) is 122. The molecule has 0 N–H and O–H groups in total. The molecule has 0 spiro atoms. The van der Waals surface area contributed by atoms with Crippen molar-refractivity contribution in [1.82, 2.24) is 39.9 Å². The molecule has 4 radical (unpaired) electrons. The van der Waals surface area contributed by atoms with Gasteiger partial charge in [0, 0.05) is 144 Å². The van der Waals surface area contributed by atoms with E-state index < -0.39 is 68.8 Å². The minimum absolute atomic E-state index is 0. The van der Waals surface area contributed by atoms with Gasteiger partial charge < -0.3 is 39.9 Å². The normalized spacial score (nSPS) is 13.6. The van der Waals surface area contributed by atoms with Crippen LogP contribution in [0.3, 0.4) is 0 Å². The molecule has 0 atom stereocenters. The molecule has 0 aliphatic heterocycles. The molecule has 756 valence electrons. The van der Waals surface area contributed by atoms with Gasteiger partial charge in [-0.05, 0) is 141 Å². The molecule has 8 aromatic heterocycles. The summed E-state index contributed by atoms with van der Waals surface area (Å²) in [5.41, 5.74) is 22.7. The van der Waals surface area contributed by atoms with Crippen LogP contribution in [0.1, 0.15) is 108 Å². The van der Waals surface area contributed by atoms with Crippen molar-refractivity contribution in [3.8, 4) is 123 Å². The monoisotopic (exact) mass is 2720 g/mol. The van der Waals surface area contributed by atoms with Gasteiger partial charge in [0.2, 0.25) is 0 Å². The topological polar surface area (TPSA) is 103 Å². The minimum atomic E-state index is -1.54. The van der Waals surface area contributed by atoms with Gasteiger partial charge in [-0.15, -0.1) is 280 Å². The quantitative estimate of drug-likeness (QED) is 0.0518. The molecule has 0 unspecified atom stereocenters. The second kappa shape index (κ2) is 60.5. The molecule has 1 saturated carbocycles. The Morgan fingerprint density at radius 3 is 1.04 bits per heavy atom. The Morgan fingerprint density at radius 1 is 0.279 bits per heavy atom. The van der Waals surface area contributed by atoms with Gasteiger partial charge in [0.05, 0.1) is 43.3 Å². The fourth-order valence-corrected chi connectivity index (χ4v) is 22.7. The molecule has 147 heavy (non-hydrogen) atoms. The first-order chi connectivity index (χ1) is 79.2. The molecule has 16 heteroatoms. The van der Waals surface area contributed by atoms with Crippen LogP contribution in [0, 0.1) is 54.4 Å². The van der Waals surface area contributed by atoms with Crippen LogP contribution in [0.5, 0.6) is 0 Å². The predicted octanol–water partition coefficient (Wildman–Crippen LogP) is 31.4. The molecule has 0 amide bonds. The second-order valence-corrected chi connectivity index (χ2v) is 58.0. The van der Waals surface area contributed by atoms with Crippen molar-refractivity contribution < 1.29 is 113 Å². The molecule has 1 aliphatic rings. The van der Waals surface area contributed by atoms with Gasteiger partial charge in [-0.1, -0.05) is 329 Å². The van der Waals surface area contributed by atoms with E-state index in [1.807, 2.05) is 48.7 Å². The third-order valence-electron chi connectivity index (χ3n) is 23.3. The summed E-state index contributed by atoms with van der Waals surface area (Å²) in [6.07, 6.45) is 21.3. The Labute approximate surface area is 969 Å². The molecule has 20 rings (SSSR count). The zero-order valence-electron chi connectivity index (χ0n) is 109. The Balaban J connectivity index is 0.000000215. The maximum absolute atomic E-state index is 8.19. The van der Waals surface area contributed by atoms with Crippen LogP contribution >= 0.6 is 0 Å². The number of pyridine rings is 8. The van der Waals surface area contributed by atoms with E-state index in [1.54, 1.807) is 36.7 Å². The molecule has 11 aromatic carbocycles. The van der Waals surface area contributed by atoms with Crippen LogP contribution in [0.15, 0.2) is 413 Å². The van der Waals surface area contributed by atoms with Crippen molar-refractivity contribution in [3.05, 3.63) is 484 Å². The van der Waals surface area contributed by atoms with Gasteiger partial charge in [0.1, 0.15) is 0 Å². The number of nitrogens with zero attached hydrogens (tertiary/aromatic N) is 8. The minimum Gasteiger partial charge on any atom is -0.305 e. The average Bonchev–Trinajstić information content (AvgIpc) is 1.33. The molecule has 0 saturated heterocycles. The fourth-order valence-electron chi connectivity index (χ4n) is 16.2. The summed E-state index contributed by atoms with van der Waals surface area (Å²) in [4.78, 5) is 34.6. The average molecular weight is 2720 g/mol. The first kappa shape index (κ1) is 87.0. The molecule has 0 bridgehead atoms. The van der Waals surface area contributed by atoms with Crippen molar-refractivity contribution in [1.29, 1.82) is 0 Å². The number of aryl methyl sites for hydroxylation is 3. The summed E-state index contributed by atoms with van der Waals surface area (Å²) in [5, 5.41) is 5.77. The van der Waals surface area contributed by atoms with Crippen molar-refractivity contribution in [2.75, 3.05) is 0 Å². The van der Waals surface area contributed by atoms with Crippen LogP contribution in [-0.2, 0) is 106 Å². The molecular formula is C131H132Ir4N8Si4-8. The first-order valence-corrected chi connectivity index (χ1v) is 62.1. The van der Waals surface area contributed by atoms with Crippen LogP contribution in [-0.4, -0.2) is 72.2 Å². The second-order valence-electron chi connectivity index (χ2n) is 37.9. The Bertz CT molecular complexity index is 8210. The maximum Gasteiger partial charge on any atom is 0.0830 e. The standard InChI is InChI=1S/C23H26NSi.2C22H24NSi.C20H26NSi.4C11H8N.4Ir/c1-5-11-19-16-22(24-17-23(19)25(2,3)4)21-15-10-9-14-20(21)18-12-7-6-8-13-18;2*1-5-17-15-21(23-16-22(17)24(2,3)4)20-13-9-12-19(14-20)18-10-7-6-8-11-18;1-22(2,3)20-15-21-19(17-11-5-4-6-12-17)14-18(20)13-16-9-7-8-10-16;4*1-2-6-10(7-3-1)11-8-4-5-9-12-11;;;;/h6-10,12-14,16-17H,5,11H2,1-4H3;2*6-12,14-16H,5H2,1-4H3;4-6,11,14-16H,7-10,13H2,1-3H3;4*1-6,8-9H;;;;/q8*-1;;;;/i;;;4D,5D,6D,11D;2*1D,2D,3D,4D,5D,8D,9D;2*1D,2D,3D;;;;. The van der Waals surface area contributed by atoms with Crippen LogP contribution in [0.2, 0.25) is 78.6 Å². The number of aromatic nitrogens is 8. The van der Waals surface area contributed by atoms with E-state index in [2.05, 4.69) is 331 Å². The van der Waals surface area contributed by atoms with Gasteiger partial charge >= 0.3 is 0 Å². The molecule has 8 nitrogen and oxygen atoms in total. The zero-order valence-corrected chi connectivity index (χ0v) is 98.8. The summed E-state index contributed by atoms with van der Waals surface area (Å²) in [6, 6.07) is 93.7. The van der Waals surface area contributed by atoms with Crippen molar-refractivity contribution in [2.24, 2.45) is 5.92 Å². The molecule has 8 heterocycles. The SMILES string of the molecule is CCCc1cc(-c2[c-]cccc2-c2ccccc2)ncc1[Si](C)(C)C.CCc1cc(-c2[c-]ccc(-c3ccccc3)c2)ncc1[Si](C)(C)C.CCc1cc(-c2[c-]ccc(-c3ccccc3)c2)ncc1[Si](C)(C)C.[2H]c1[c-]c(-c2cc(CC3CCCC3)c([Si](C)(C)C)cn2)c([2H])c([2H])c1[2H].[2H]c1[c-]c(-c2ccccn2)cc([2H])c1[2H].[2H]c1[c-]c(-c2ccccn2)cc([2H])c1[2H].[2H]c1[c-]c(-c2nc([2H])c([2H])c([2H])c2[2H])cc([2H])c1[2H].[2H]c1[c-]c(-c2nc([2H])c([2H])c([2H])c2[2H])cc([2H])c1[2H].[Ir].[Ir].[Ir].[Ir]. The molecular weight excluding hydrogens is 2570 g/mol. The van der Waals surface area contributed by atoms with E-state index in [1.165, 1.54) is 126 Å². The van der Waals surface area contributed by atoms with E-state index in [9.17, 15) is 0 Å². The van der Waals surface area contributed by atoms with E-state index in [0.717, 1.165) is 65.9 Å². The molecule has 1 aliphatic carbocycles. The summed E-state index contributed by atoms with van der Waals surface area (Å²) in [6.45, 7) is 35.1. The van der Waals surface area contributed by atoms with Gasteiger partial charge in [0.25, 0.3) is 0 Å². The summed E-state index contributed by atoms with van der Waals surface area (Å²) in [7, 11) is -5.65. The van der Waals surface area contributed by atoms with Crippen LogP contribution in [0.4, 0.5) is 0 Å². The van der Waals surface area contributed by atoms with Gasteiger partial charge in [-0.2, -0.15) is 0 Å². The number of hydrogen-bond donors (Lipinski definition) is 0. The third kappa shape index (κ3) is 36.5. The van der Waals surface area contributed by atoms with Crippen molar-refractivity contribution in [2.45, 2.75) is 157 Å². The van der Waals surface area contributed by atoms with Crippen LogP contribution < -0.4 is 20.7 Å². The van der Waals surface area contributed by atoms with Crippen molar-refractivity contribution >= 4 is 53.0 Å². The predicted molar refractivity (Wildman–Crippen MR) is 615 cm³/mol. The van der Waals surface area contributed by atoms with E-state index in [4.69, 9.17) is 47.9 Å². The number of hydrogen-bond acceptors (Lipinski definition) is 8. The third-order valence-corrected chi connectivity index (χ3v) is 31.6. The van der Waals surface area contributed by atoms with Gasteiger partial charge in [-0.3, -0.25) is 0 Å². The van der Waals surface area contributed by atoms with Crippen LogP contribution in [0.25, 0.3) is 123 Å². The smallest absolute Gasteiger partial charge is 0.0830 e. The summed E-state index contributed by atoms with van der Waals surface area (Å²) in [5.74, 6) is 0.717. The molecule has 1 fully saturated rings. The maximum atomic E-state index is 8.19. The summed E-state index contributed by atoms with van der Waals surface area (Å²) < 4.78 is 181. The Morgan fingerprint density at radius 2 is 0.639 bits per heavy atom. The first-order valence-electron chi connectivity index (χ1n) is 60.1.